The van der Waals surface area contributed by atoms with Crippen LogP contribution in [-0.4, -0.2) is 5.43 Å². The fraction of sp³-hybridized carbons (Fsp3) is 0.595. The molecule has 6 aliphatic carbocycles. The molecule has 0 saturated heterocycles. The molecule has 0 aromatic rings. The molecule has 8 unspecified atom stereocenters. The molecule has 0 heterocycles. The Balaban J connectivity index is 0.000000362. The van der Waals surface area contributed by atoms with Gasteiger partial charge in [0.25, 0.3) is 0 Å². The Morgan fingerprint density at radius 2 is 1.26 bits per heavy atom. The zero-order valence-electron chi connectivity index (χ0n) is 30.4. The van der Waals surface area contributed by atoms with Crippen LogP contribution in [-0.2, 0) is 23.3 Å². The van der Waals surface area contributed by atoms with Crippen LogP contribution < -0.4 is 24.8 Å². The van der Waals surface area contributed by atoms with Gasteiger partial charge in [0.15, 0.2) is 0 Å². The summed E-state index contributed by atoms with van der Waals surface area (Å²) in [5, 5.41) is 0. The van der Waals surface area contributed by atoms with E-state index in [2.05, 4.69) is 155 Å². The first-order valence-corrected chi connectivity index (χ1v) is 23.0. The van der Waals surface area contributed by atoms with Crippen LogP contribution in [0.4, 0.5) is 0 Å². The van der Waals surface area contributed by atoms with Crippen LogP contribution in [0.25, 0.3) is 0 Å². The third kappa shape index (κ3) is 5.82. The van der Waals surface area contributed by atoms with Gasteiger partial charge < -0.3 is 31.2 Å². The average molecular weight is 755 g/mol. The van der Waals surface area contributed by atoms with Crippen LogP contribution in [0.2, 0.25) is 12.1 Å². The monoisotopic (exact) mass is 752 g/mol. The third-order valence-electron chi connectivity index (χ3n) is 14.3. The second-order valence-corrected chi connectivity index (χ2v) is 22.9. The van der Waals surface area contributed by atoms with E-state index in [1.54, 1.807) is 12.1 Å². The average Bonchev–Trinajstić information content (AvgIpc) is 3.65. The molecule has 6 aliphatic rings. The minimum atomic E-state index is 0. The van der Waals surface area contributed by atoms with E-state index >= 15 is 0 Å². The second-order valence-electron chi connectivity index (χ2n) is 15.5. The Kier molecular flexibility index (Phi) is 14.2. The molecule has 0 bridgehead atoms. The molecule has 0 N–H and O–H groups in total. The molecule has 0 nitrogen and oxygen atoms in total. The van der Waals surface area contributed by atoms with Crippen molar-refractivity contribution in [3.05, 3.63) is 103 Å². The fourth-order valence-electron chi connectivity index (χ4n) is 10.5. The van der Waals surface area contributed by atoms with Crippen LogP contribution in [0.1, 0.15) is 101 Å². The second kappa shape index (κ2) is 15.7. The Labute approximate surface area is 311 Å². The minimum Gasteiger partial charge on any atom is -1.00 e. The summed E-state index contributed by atoms with van der Waals surface area (Å²) in [5.41, 5.74) is 1.91. The van der Waals surface area contributed by atoms with E-state index in [1.807, 2.05) is 35.5 Å². The number of allylic oxidation sites excluding steroid dienone is 16. The first-order valence-electron chi connectivity index (χ1n) is 17.4. The Bertz CT molecular complexity index is 1330. The standard InChI is InChI=1S/C29H37.C8H18Si.C5H5.2ClH.Zr/c1-21-14-13-15-22-20-27(6)25(4)18-10-9-16-23(25,2)24(3)17-11-12-19-26(24,5)29(27,8)28(21,22)7;1-3-5-7-9-8-6-4-2;1-2-4-5-3-1;;;/h9-20,22H,1-8H3;3-8H2,1-2H3;1-3H,4H2;2*1H;/q-1;;-1;;;+2/p-2. The number of unbranched alkanes of at least 4 members (excludes halogenated alkanes) is 2. The van der Waals surface area contributed by atoms with Gasteiger partial charge in [0, 0.05) is 10.8 Å². The number of fused-ring (bicyclic) bond motifs is 8. The molecule has 0 spiro atoms. The van der Waals surface area contributed by atoms with Crippen molar-refractivity contribution in [2.24, 2.45) is 43.8 Å². The number of rotatable bonds is 6. The molecule has 0 aliphatic heterocycles. The summed E-state index contributed by atoms with van der Waals surface area (Å²) >= 11 is 1.86. The van der Waals surface area contributed by atoms with Gasteiger partial charge in [-0.3, -0.25) is 6.08 Å². The van der Waals surface area contributed by atoms with E-state index in [9.17, 15) is 0 Å². The van der Waals surface area contributed by atoms with Crippen molar-refractivity contribution in [3.63, 3.8) is 0 Å². The predicted molar refractivity (Wildman–Crippen MR) is 191 cm³/mol. The zero-order chi connectivity index (χ0) is 32.5. The van der Waals surface area contributed by atoms with Gasteiger partial charge in [0.1, 0.15) is 0 Å². The largest absolute Gasteiger partial charge is 1.00 e. The molecule has 0 radical (unpaired) electrons. The molecule has 2 fully saturated rings. The SMILES string of the molecule is CC1=CC=CC2[CH-]C3(C)C4(C)C=CC=CC4(C)C4(C)C=CC=CC4(C)C3(C)C12C.CCCC[Si](=[Zr+2])CCCC.[C-]1=CC=CC1.[Cl-].[Cl-]. The third-order valence-corrected chi connectivity index (χ3v) is 19.9. The van der Waals surface area contributed by atoms with Gasteiger partial charge in [0.05, 0.1) is 0 Å². The van der Waals surface area contributed by atoms with Gasteiger partial charge in [-0.15, -0.1) is 23.8 Å². The van der Waals surface area contributed by atoms with Gasteiger partial charge in [-0.1, -0.05) is 115 Å². The van der Waals surface area contributed by atoms with Crippen molar-refractivity contribution in [1.82, 2.24) is 0 Å². The zero-order valence-corrected chi connectivity index (χ0v) is 35.4. The number of hydrogen-bond acceptors (Lipinski definition) is 0. The van der Waals surface area contributed by atoms with E-state index in [0.29, 0.717) is 5.92 Å². The van der Waals surface area contributed by atoms with Gasteiger partial charge in [-0.2, -0.15) is 6.08 Å². The molecule has 0 aromatic heterocycles. The van der Waals surface area contributed by atoms with Crippen molar-refractivity contribution in [2.45, 2.75) is 113 Å². The molecule has 4 heteroatoms. The smallest absolute Gasteiger partial charge is 0.109 e. The van der Waals surface area contributed by atoms with Crippen molar-refractivity contribution in [3.8, 4) is 0 Å². The number of hydrogen-bond donors (Lipinski definition) is 0. The van der Waals surface area contributed by atoms with E-state index in [4.69, 9.17) is 0 Å². The maximum Gasteiger partial charge on any atom is -0.109 e. The summed E-state index contributed by atoms with van der Waals surface area (Å²) in [4.78, 5) is 0. The quantitative estimate of drug-likeness (QED) is 0.228. The maximum atomic E-state index is 2.99. The first kappa shape index (κ1) is 41.8. The van der Waals surface area contributed by atoms with Gasteiger partial charge >= 0.3 is 80.4 Å². The van der Waals surface area contributed by atoms with Crippen LogP contribution in [0.5, 0.6) is 0 Å². The molecular weight excluding hydrogens is 695 g/mol. The topological polar surface area (TPSA) is 0 Å². The summed E-state index contributed by atoms with van der Waals surface area (Å²) in [6.45, 7) is 24.9. The molecule has 0 amide bonds. The summed E-state index contributed by atoms with van der Waals surface area (Å²) < 4.78 is 0. The van der Waals surface area contributed by atoms with Crippen LogP contribution in [0, 0.1) is 56.3 Å². The summed E-state index contributed by atoms with van der Waals surface area (Å²) in [6.07, 6.45) is 45.0. The number of halogens is 2. The molecule has 0 aromatic carbocycles. The van der Waals surface area contributed by atoms with Crippen molar-refractivity contribution < 1.29 is 48.1 Å². The minimum absolute atomic E-state index is 0. The van der Waals surface area contributed by atoms with Crippen molar-refractivity contribution >= 4 is 5.43 Å². The van der Waals surface area contributed by atoms with E-state index in [1.165, 1.54) is 31.3 Å². The molecular formula is C42H60Cl2SiZr-2. The van der Waals surface area contributed by atoms with E-state index in [-0.39, 0.29) is 68.2 Å². The van der Waals surface area contributed by atoms with Crippen molar-refractivity contribution in [2.75, 3.05) is 0 Å². The Morgan fingerprint density at radius 1 is 0.761 bits per heavy atom. The van der Waals surface area contributed by atoms with E-state index in [0.717, 1.165) is 6.42 Å². The van der Waals surface area contributed by atoms with Crippen LogP contribution >= 0.6 is 0 Å². The summed E-state index contributed by atoms with van der Waals surface area (Å²) in [7, 11) is 0. The Hall–Kier alpha value is -0.400. The summed E-state index contributed by atoms with van der Waals surface area (Å²) in [5.74, 6) is 0.460. The molecule has 2 saturated carbocycles. The Morgan fingerprint density at radius 3 is 1.72 bits per heavy atom. The van der Waals surface area contributed by atoms with E-state index < -0.39 is 0 Å². The molecule has 252 valence electrons. The van der Waals surface area contributed by atoms with Gasteiger partial charge in [0.2, 0.25) is 0 Å². The molecule has 6 rings (SSSR count). The van der Waals surface area contributed by atoms with Crippen LogP contribution in [0.15, 0.2) is 90.6 Å². The summed E-state index contributed by atoms with van der Waals surface area (Å²) in [6, 6.07) is 3.17. The maximum absolute atomic E-state index is 2.99. The van der Waals surface area contributed by atoms with Gasteiger partial charge in [-0.05, 0) is 28.6 Å². The molecule has 46 heavy (non-hydrogen) atoms. The predicted octanol–water partition coefficient (Wildman–Crippen LogP) is 6.08. The first-order chi connectivity index (χ1) is 20.7. The molecule has 8 atom stereocenters. The van der Waals surface area contributed by atoms with Crippen LogP contribution in [0.3, 0.4) is 0 Å². The van der Waals surface area contributed by atoms with Crippen molar-refractivity contribution in [1.29, 1.82) is 0 Å². The normalized spacial score (nSPS) is 41.3. The fourth-order valence-corrected chi connectivity index (χ4v) is 14.9. The van der Waals surface area contributed by atoms with Gasteiger partial charge in [-0.25, -0.2) is 12.2 Å².